The zero-order valence-electron chi connectivity index (χ0n) is 15.3. The average molecular weight is 382 g/mol. The highest BCUT2D eigenvalue weighted by Gasteiger charge is 2.21. The Kier molecular flexibility index (Phi) is 5.69. The molecule has 1 unspecified atom stereocenters. The number of amides is 1. The highest BCUT2D eigenvalue weighted by Crippen LogP contribution is 2.34. The standard InChI is InChI=1S/C20H19FN4O3/c1-27-14-5-3-4-12(10-14)19(15-11-13(21)6-8-17(15)28-2)23-18-9-7-16(20(22)26)24-25-18/h3-11,19H,1-2H3,(H2,22,26)(H,23,25). The molecule has 8 heteroatoms. The summed E-state index contributed by atoms with van der Waals surface area (Å²) < 4.78 is 24.7. The Morgan fingerprint density at radius 2 is 1.89 bits per heavy atom. The first-order valence-electron chi connectivity index (χ1n) is 8.39. The molecular weight excluding hydrogens is 363 g/mol. The smallest absolute Gasteiger partial charge is 0.269 e. The molecule has 0 fully saturated rings. The zero-order chi connectivity index (χ0) is 20.1. The number of benzene rings is 2. The fourth-order valence-corrected chi connectivity index (χ4v) is 2.78. The topological polar surface area (TPSA) is 99.4 Å². The van der Waals surface area contributed by atoms with Crippen LogP contribution in [0.15, 0.2) is 54.6 Å². The molecule has 0 saturated heterocycles. The molecule has 0 saturated carbocycles. The lowest BCUT2D eigenvalue weighted by atomic mass is 9.97. The number of halogens is 1. The summed E-state index contributed by atoms with van der Waals surface area (Å²) in [4.78, 5) is 11.2. The van der Waals surface area contributed by atoms with Gasteiger partial charge in [0.1, 0.15) is 23.1 Å². The van der Waals surface area contributed by atoms with Crippen molar-refractivity contribution in [1.29, 1.82) is 0 Å². The van der Waals surface area contributed by atoms with Crippen LogP contribution in [-0.2, 0) is 0 Å². The first-order valence-corrected chi connectivity index (χ1v) is 8.39. The maximum Gasteiger partial charge on any atom is 0.269 e. The van der Waals surface area contributed by atoms with Crippen LogP contribution in [0.4, 0.5) is 10.2 Å². The molecule has 0 aliphatic carbocycles. The van der Waals surface area contributed by atoms with E-state index in [1.807, 2.05) is 24.3 Å². The molecule has 0 radical (unpaired) electrons. The Bertz CT molecular complexity index is 979. The molecule has 0 aliphatic rings. The summed E-state index contributed by atoms with van der Waals surface area (Å²) >= 11 is 0. The summed E-state index contributed by atoms with van der Waals surface area (Å²) in [6, 6.07) is 14.1. The Morgan fingerprint density at radius 1 is 1.07 bits per heavy atom. The van der Waals surface area contributed by atoms with Crippen molar-refractivity contribution in [2.24, 2.45) is 5.73 Å². The van der Waals surface area contributed by atoms with Crippen molar-refractivity contribution in [2.45, 2.75) is 6.04 Å². The zero-order valence-corrected chi connectivity index (χ0v) is 15.3. The molecule has 28 heavy (non-hydrogen) atoms. The van der Waals surface area contributed by atoms with Crippen LogP contribution in [0.25, 0.3) is 0 Å². The number of nitrogens with two attached hydrogens (primary N) is 1. The van der Waals surface area contributed by atoms with Gasteiger partial charge in [-0.3, -0.25) is 4.79 Å². The molecule has 1 amide bonds. The Hall–Kier alpha value is -3.68. The van der Waals surface area contributed by atoms with Crippen LogP contribution in [0, 0.1) is 5.82 Å². The number of carbonyl (C=O) groups is 1. The largest absolute Gasteiger partial charge is 0.497 e. The molecule has 2 aromatic carbocycles. The number of anilines is 1. The number of nitrogens with one attached hydrogen (secondary N) is 1. The number of hydrogen-bond donors (Lipinski definition) is 2. The van der Waals surface area contributed by atoms with Gasteiger partial charge < -0.3 is 20.5 Å². The van der Waals surface area contributed by atoms with E-state index >= 15 is 0 Å². The van der Waals surface area contributed by atoms with Crippen LogP contribution in [0.1, 0.15) is 27.7 Å². The Labute approximate surface area is 161 Å². The van der Waals surface area contributed by atoms with Gasteiger partial charge in [0.05, 0.1) is 20.3 Å². The van der Waals surface area contributed by atoms with E-state index < -0.39 is 17.8 Å². The fourth-order valence-electron chi connectivity index (χ4n) is 2.78. The third kappa shape index (κ3) is 4.17. The molecule has 0 bridgehead atoms. The molecule has 3 aromatic rings. The highest BCUT2D eigenvalue weighted by molar-refractivity contribution is 5.90. The van der Waals surface area contributed by atoms with Gasteiger partial charge in [0, 0.05) is 5.56 Å². The number of rotatable bonds is 7. The maximum atomic E-state index is 14.0. The van der Waals surface area contributed by atoms with Gasteiger partial charge in [-0.25, -0.2) is 4.39 Å². The molecule has 144 valence electrons. The van der Waals surface area contributed by atoms with E-state index in [1.54, 1.807) is 19.2 Å². The fraction of sp³-hybridized carbons (Fsp3) is 0.150. The van der Waals surface area contributed by atoms with Gasteiger partial charge in [-0.2, -0.15) is 0 Å². The molecule has 1 aromatic heterocycles. The van der Waals surface area contributed by atoms with Gasteiger partial charge in [-0.15, -0.1) is 10.2 Å². The summed E-state index contributed by atoms with van der Waals surface area (Å²) in [5, 5.41) is 11.0. The van der Waals surface area contributed by atoms with E-state index in [1.165, 1.54) is 25.3 Å². The second-order valence-corrected chi connectivity index (χ2v) is 5.91. The summed E-state index contributed by atoms with van der Waals surface area (Å²) in [5.74, 6) is 0.457. The van der Waals surface area contributed by atoms with Crippen LogP contribution < -0.4 is 20.5 Å². The average Bonchev–Trinajstić information content (AvgIpc) is 2.72. The van der Waals surface area contributed by atoms with Gasteiger partial charge in [0.2, 0.25) is 0 Å². The lowest BCUT2D eigenvalue weighted by Crippen LogP contribution is -2.17. The van der Waals surface area contributed by atoms with E-state index in [2.05, 4.69) is 15.5 Å². The number of nitrogens with zero attached hydrogens (tertiary/aromatic N) is 2. The Balaban J connectivity index is 2.06. The quantitative estimate of drug-likeness (QED) is 0.652. The van der Waals surface area contributed by atoms with Crippen molar-refractivity contribution in [3.05, 3.63) is 77.2 Å². The molecule has 3 N–H and O–H groups in total. The van der Waals surface area contributed by atoms with Crippen molar-refractivity contribution in [3.63, 3.8) is 0 Å². The summed E-state index contributed by atoms with van der Waals surface area (Å²) in [5.41, 5.74) is 6.61. The molecular formula is C20H19FN4O3. The number of ether oxygens (including phenoxy) is 2. The summed E-state index contributed by atoms with van der Waals surface area (Å²) in [6.45, 7) is 0. The van der Waals surface area contributed by atoms with Gasteiger partial charge in [-0.05, 0) is 48.0 Å². The molecule has 3 rings (SSSR count). The minimum Gasteiger partial charge on any atom is -0.497 e. The number of aromatic nitrogens is 2. The van der Waals surface area contributed by atoms with Crippen LogP contribution in [-0.4, -0.2) is 30.3 Å². The first kappa shape index (κ1) is 19.1. The second-order valence-electron chi connectivity index (χ2n) is 5.91. The van der Waals surface area contributed by atoms with Crippen molar-refractivity contribution in [3.8, 4) is 11.5 Å². The molecule has 1 heterocycles. The lowest BCUT2D eigenvalue weighted by molar-refractivity contribution is 0.0994. The van der Waals surface area contributed by atoms with Crippen molar-refractivity contribution in [1.82, 2.24) is 10.2 Å². The van der Waals surface area contributed by atoms with Gasteiger partial charge in [0.15, 0.2) is 5.69 Å². The van der Waals surface area contributed by atoms with Crippen LogP contribution in [0.2, 0.25) is 0 Å². The van der Waals surface area contributed by atoms with Crippen LogP contribution in [0.3, 0.4) is 0 Å². The van der Waals surface area contributed by atoms with Gasteiger partial charge in [0.25, 0.3) is 5.91 Å². The van der Waals surface area contributed by atoms with Gasteiger partial charge in [-0.1, -0.05) is 12.1 Å². The number of hydrogen-bond acceptors (Lipinski definition) is 6. The predicted octanol–water partition coefficient (Wildman–Crippen LogP) is 2.93. The van der Waals surface area contributed by atoms with E-state index in [4.69, 9.17) is 15.2 Å². The molecule has 0 spiro atoms. The van der Waals surface area contributed by atoms with E-state index in [-0.39, 0.29) is 5.69 Å². The van der Waals surface area contributed by atoms with Crippen LogP contribution in [0.5, 0.6) is 11.5 Å². The van der Waals surface area contributed by atoms with E-state index in [0.29, 0.717) is 22.9 Å². The lowest BCUT2D eigenvalue weighted by Gasteiger charge is -2.22. The normalized spacial score (nSPS) is 11.5. The van der Waals surface area contributed by atoms with E-state index in [9.17, 15) is 9.18 Å². The monoisotopic (exact) mass is 382 g/mol. The van der Waals surface area contributed by atoms with Gasteiger partial charge >= 0.3 is 0 Å². The Morgan fingerprint density at radius 3 is 2.54 bits per heavy atom. The predicted molar refractivity (Wildman–Crippen MR) is 102 cm³/mol. The minimum atomic E-state index is -0.671. The maximum absolute atomic E-state index is 14.0. The number of primary amides is 1. The number of carbonyl (C=O) groups excluding carboxylic acids is 1. The number of methoxy groups -OCH3 is 2. The van der Waals surface area contributed by atoms with Crippen molar-refractivity contribution < 1.29 is 18.7 Å². The summed E-state index contributed by atoms with van der Waals surface area (Å²) in [6.07, 6.45) is 0. The van der Waals surface area contributed by atoms with Crippen molar-refractivity contribution >= 4 is 11.7 Å². The van der Waals surface area contributed by atoms with E-state index in [0.717, 1.165) is 5.56 Å². The molecule has 1 atom stereocenters. The highest BCUT2D eigenvalue weighted by atomic mass is 19.1. The minimum absolute atomic E-state index is 0.0480. The summed E-state index contributed by atoms with van der Waals surface area (Å²) in [7, 11) is 3.08. The van der Waals surface area contributed by atoms with Crippen molar-refractivity contribution in [2.75, 3.05) is 19.5 Å². The molecule has 7 nitrogen and oxygen atoms in total. The third-order valence-corrected chi connectivity index (χ3v) is 4.14. The second kappa shape index (κ2) is 8.34. The third-order valence-electron chi connectivity index (χ3n) is 4.14. The molecule has 0 aliphatic heterocycles. The first-order chi connectivity index (χ1) is 13.5. The van der Waals surface area contributed by atoms with Crippen LogP contribution >= 0.6 is 0 Å². The SMILES string of the molecule is COc1cccc(C(Nc2ccc(C(N)=O)nn2)c2cc(F)ccc2OC)c1.